The first-order chi connectivity index (χ1) is 8.63. The highest BCUT2D eigenvalue weighted by Crippen LogP contribution is 2.25. The molecule has 3 aromatic rings. The Balaban J connectivity index is 2.15. The van der Waals surface area contributed by atoms with E-state index in [9.17, 15) is 4.39 Å². The molecule has 2 heterocycles. The number of halogens is 2. The number of nitrogens with zero attached hydrogens (tertiary/aromatic N) is 3. The van der Waals surface area contributed by atoms with E-state index in [-0.39, 0.29) is 5.82 Å². The maximum atomic E-state index is 13.5. The van der Waals surface area contributed by atoms with E-state index in [2.05, 4.69) is 26.0 Å². The summed E-state index contributed by atoms with van der Waals surface area (Å²) in [5.74, 6) is -0.279. The lowest BCUT2D eigenvalue weighted by Crippen LogP contribution is -1.86. The van der Waals surface area contributed by atoms with Crippen LogP contribution >= 0.6 is 15.9 Å². The van der Waals surface area contributed by atoms with Crippen molar-refractivity contribution < 1.29 is 4.39 Å². The normalized spacial score (nSPS) is 11.1. The zero-order valence-corrected chi connectivity index (χ0v) is 11.1. The second-order valence-corrected chi connectivity index (χ2v) is 4.92. The molecule has 0 saturated heterocycles. The Morgan fingerprint density at radius 3 is 2.83 bits per heavy atom. The van der Waals surface area contributed by atoms with Gasteiger partial charge in [-0.1, -0.05) is 6.07 Å². The van der Waals surface area contributed by atoms with Crippen molar-refractivity contribution in [1.29, 1.82) is 0 Å². The van der Waals surface area contributed by atoms with Crippen LogP contribution in [-0.2, 0) is 7.05 Å². The number of benzene rings is 1. The zero-order chi connectivity index (χ0) is 12.7. The molecule has 1 aromatic carbocycles. The quantitative estimate of drug-likeness (QED) is 0.688. The minimum absolute atomic E-state index is 0.279. The molecule has 18 heavy (non-hydrogen) atoms. The van der Waals surface area contributed by atoms with Gasteiger partial charge in [0.25, 0.3) is 0 Å². The van der Waals surface area contributed by atoms with Gasteiger partial charge < -0.3 is 0 Å². The van der Waals surface area contributed by atoms with E-state index in [1.165, 1.54) is 6.07 Å². The second kappa shape index (κ2) is 4.17. The SMILES string of the molecule is Cn1cc2cc(-c3ccc(Br)c(F)c3)cnc2n1. The molecule has 0 spiro atoms. The third kappa shape index (κ3) is 1.90. The molecule has 0 aliphatic carbocycles. The van der Waals surface area contributed by atoms with Gasteiger partial charge >= 0.3 is 0 Å². The van der Waals surface area contributed by atoms with Crippen molar-refractivity contribution in [1.82, 2.24) is 14.8 Å². The maximum Gasteiger partial charge on any atom is 0.181 e. The summed E-state index contributed by atoms with van der Waals surface area (Å²) < 4.78 is 15.7. The minimum atomic E-state index is -0.279. The molecule has 0 bridgehead atoms. The topological polar surface area (TPSA) is 30.7 Å². The number of fused-ring (bicyclic) bond motifs is 1. The summed E-state index contributed by atoms with van der Waals surface area (Å²) in [5.41, 5.74) is 2.37. The summed E-state index contributed by atoms with van der Waals surface area (Å²) in [5, 5.41) is 5.15. The molecule has 2 aromatic heterocycles. The minimum Gasteiger partial charge on any atom is -0.273 e. The molecule has 0 atom stereocenters. The van der Waals surface area contributed by atoms with Crippen LogP contribution < -0.4 is 0 Å². The lowest BCUT2D eigenvalue weighted by Gasteiger charge is -2.02. The van der Waals surface area contributed by atoms with Crippen LogP contribution in [0.2, 0.25) is 0 Å². The van der Waals surface area contributed by atoms with Gasteiger partial charge in [0.05, 0.1) is 4.47 Å². The fraction of sp³-hybridized carbons (Fsp3) is 0.0769. The van der Waals surface area contributed by atoms with Gasteiger partial charge in [-0.05, 0) is 39.7 Å². The number of aromatic nitrogens is 3. The lowest BCUT2D eigenvalue weighted by atomic mass is 10.1. The van der Waals surface area contributed by atoms with Crippen LogP contribution in [0.25, 0.3) is 22.2 Å². The van der Waals surface area contributed by atoms with Gasteiger partial charge in [-0.25, -0.2) is 9.37 Å². The molecule has 0 aliphatic rings. The molecule has 5 heteroatoms. The van der Waals surface area contributed by atoms with E-state index < -0.39 is 0 Å². The highest BCUT2D eigenvalue weighted by atomic mass is 79.9. The standard InChI is InChI=1S/C13H9BrFN3/c1-18-7-10-4-9(6-16-13(10)17-18)8-2-3-11(14)12(15)5-8/h2-7H,1H3. The smallest absolute Gasteiger partial charge is 0.181 e. The van der Waals surface area contributed by atoms with Gasteiger partial charge in [0.15, 0.2) is 5.65 Å². The Bertz CT molecular complexity index is 736. The monoisotopic (exact) mass is 305 g/mol. The van der Waals surface area contributed by atoms with Gasteiger partial charge in [-0.15, -0.1) is 0 Å². The summed E-state index contributed by atoms with van der Waals surface area (Å²) in [7, 11) is 1.85. The van der Waals surface area contributed by atoms with Crippen LogP contribution in [0.3, 0.4) is 0 Å². The molecular weight excluding hydrogens is 297 g/mol. The number of hydrogen-bond donors (Lipinski definition) is 0. The molecule has 0 saturated carbocycles. The Morgan fingerprint density at radius 2 is 2.06 bits per heavy atom. The Morgan fingerprint density at radius 1 is 1.22 bits per heavy atom. The Labute approximate surface area is 111 Å². The number of hydrogen-bond acceptors (Lipinski definition) is 2. The van der Waals surface area contributed by atoms with Gasteiger partial charge in [0.1, 0.15) is 5.82 Å². The van der Waals surface area contributed by atoms with Crippen molar-refractivity contribution in [3.05, 3.63) is 46.9 Å². The first-order valence-corrected chi connectivity index (χ1v) is 6.17. The predicted octanol–water partition coefficient (Wildman–Crippen LogP) is 3.54. The lowest BCUT2D eigenvalue weighted by molar-refractivity contribution is 0.621. The summed E-state index contributed by atoms with van der Waals surface area (Å²) in [6, 6.07) is 6.99. The van der Waals surface area contributed by atoms with E-state index >= 15 is 0 Å². The average molecular weight is 306 g/mol. The van der Waals surface area contributed by atoms with E-state index in [1.54, 1.807) is 16.9 Å². The van der Waals surface area contributed by atoms with Crippen LogP contribution in [0, 0.1) is 5.82 Å². The molecule has 3 rings (SSSR count). The number of rotatable bonds is 1. The summed E-state index contributed by atoms with van der Waals surface area (Å²) in [6.07, 6.45) is 3.60. The average Bonchev–Trinajstić information content (AvgIpc) is 2.71. The predicted molar refractivity (Wildman–Crippen MR) is 71.6 cm³/mol. The third-order valence-electron chi connectivity index (χ3n) is 2.73. The van der Waals surface area contributed by atoms with Crippen molar-refractivity contribution in [2.75, 3.05) is 0 Å². The zero-order valence-electron chi connectivity index (χ0n) is 9.56. The van der Waals surface area contributed by atoms with Crippen molar-refractivity contribution in [3.8, 4) is 11.1 Å². The van der Waals surface area contributed by atoms with E-state index in [0.717, 1.165) is 16.5 Å². The van der Waals surface area contributed by atoms with Crippen LogP contribution in [0.15, 0.2) is 41.1 Å². The molecule has 0 aliphatic heterocycles. The number of aryl methyl sites for hydroxylation is 1. The van der Waals surface area contributed by atoms with Crippen molar-refractivity contribution in [2.45, 2.75) is 0 Å². The molecule has 0 fully saturated rings. The molecule has 0 unspecified atom stereocenters. The molecule has 0 N–H and O–H groups in total. The first-order valence-electron chi connectivity index (χ1n) is 5.38. The van der Waals surface area contributed by atoms with Crippen molar-refractivity contribution in [2.24, 2.45) is 7.05 Å². The van der Waals surface area contributed by atoms with Crippen LogP contribution in [0.4, 0.5) is 4.39 Å². The van der Waals surface area contributed by atoms with Gasteiger partial charge in [0, 0.05) is 30.4 Å². The van der Waals surface area contributed by atoms with Gasteiger partial charge in [-0.3, -0.25) is 4.68 Å². The summed E-state index contributed by atoms with van der Waals surface area (Å²) >= 11 is 3.14. The first kappa shape index (κ1) is 11.3. The molecule has 0 amide bonds. The van der Waals surface area contributed by atoms with E-state index in [0.29, 0.717) is 10.1 Å². The fourth-order valence-electron chi connectivity index (χ4n) is 1.87. The molecule has 0 radical (unpaired) electrons. The molecule has 3 nitrogen and oxygen atoms in total. The number of pyridine rings is 1. The van der Waals surface area contributed by atoms with Gasteiger partial charge in [-0.2, -0.15) is 5.10 Å². The molecule has 90 valence electrons. The third-order valence-corrected chi connectivity index (χ3v) is 3.37. The van der Waals surface area contributed by atoms with Gasteiger partial charge in [0.2, 0.25) is 0 Å². The Kier molecular flexibility index (Phi) is 2.63. The second-order valence-electron chi connectivity index (χ2n) is 4.07. The van der Waals surface area contributed by atoms with Crippen LogP contribution in [-0.4, -0.2) is 14.8 Å². The Hall–Kier alpha value is -1.75. The van der Waals surface area contributed by atoms with Crippen LogP contribution in [0.5, 0.6) is 0 Å². The van der Waals surface area contributed by atoms with Crippen molar-refractivity contribution >= 4 is 27.0 Å². The largest absolute Gasteiger partial charge is 0.273 e. The summed E-state index contributed by atoms with van der Waals surface area (Å²) in [6.45, 7) is 0. The van der Waals surface area contributed by atoms with Crippen LogP contribution in [0.1, 0.15) is 0 Å². The van der Waals surface area contributed by atoms with E-state index in [4.69, 9.17) is 0 Å². The summed E-state index contributed by atoms with van der Waals surface area (Å²) in [4.78, 5) is 4.26. The maximum absolute atomic E-state index is 13.5. The highest BCUT2D eigenvalue weighted by Gasteiger charge is 2.06. The fourth-order valence-corrected chi connectivity index (χ4v) is 2.11. The van der Waals surface area contributed by atoms with E-state index in [1.807, 2.05) is 25.4 Å². The highest BCUT2D eigenvalue weighted by molar-refractivity contribution is 9.10. The van der Waals surface area contributed by atoms with Crippen molar-refractivity contribution in [3.63, 3.8) is 0 Å². The molecular formula is C13H9BrFN3.